The molecule has 6 heteroatoms. The van der Waals surface area contributed by atoms with Gasteiger partial charge in [-0.15, -0.1) is 0 Å². The maximum Gasteiger partial charge on any atom is 0.335 e. The van der Waals surface area contributed by atoms with Crippen molar-refractivity contribution in [2.24, 2.45) is 0 Å². The van der Waals surface area contributed by atoms with Crippen LogP contribution in [0.1, 0.15) is 13.3 Å². The number of carbonyl (C=O) groups is 1. The second-order valence-corrected chi connectivity index (χ2v) is 3.10. The Labute approximate surface area is 75.1 Å². The number of hydrogen-bond donors (Lipinski definition) is 5. The molecule has 0 aromatic heterocycles. The lowest BCUT2D eigenvalue weighted by atomic mass is 9.96. The fourth-order valence-electron chi connectivity index (χ4n) is 0.752. The Bertz CT molecular complexity index is 178. The van der Waals surface area contributed by atoms with Gasteiger partial charge in [-0.25, -0.2) is 4.79 Å². The molecule has 0 rings (SSSR count). The molecular weight excluding hydrogens is 180 g/mol. The Morgan fingerprint density at radius 3 is 2.15 bits per heavy atom. The molecular formula is C7H14O6. The molecule has 0 amide bonds. The van der Waals surface area contributed by atoms with Crippen LogP contribution in [0.25, 0.3) is 0 Å². The van der Waals surface area contributed by atoms with E-state index in [0.717, 1.165) is 6.92 Å². The Morgan fingerprint density at radius 2 is 1.85 bits per heavy atom. The summed E-state index contributed by atoms with van der Waals surface area (Å²) in [5.74, 6) is -1.49. The molecule has 0 spiro atoms. The lowest BCUT2D eigenvalue weighted by molar-refractivity contribution is -0.161. The number of aliphatic hydroxyl groups is 4. The van der Waals surface area contributed by atoms with Gasteiger partial charge in [0.2, 0.25) is 0 Å². The smallest absolute Gasteiger partial charge is 0.335 e. The first-order valence-corrected chi connectivity index (χ1v) is 3.74. The topological polar surface area (TPSA) is 118 Å². The first kappa shape index (κ1) is 12.3. The summed E-state index contributed by atoms with van der Waals surface area (Å²) in [5, 5.41) is 43.9. The molecule has 0 aromatic rings. The fourth-order valence-corrected chi connectivity index (χ4v) is 0.752. The highest BCUT2D eigenvalue weighted by atomic mass is 16.4. The van der Waals surface area contributed by atoms with Gasteiger partial charge in [0, 0.05) is 6.42 Å². The Hall–Kier alpha value is -0.690. The summed E-state index contributed by atoms with van der Waals surface area (Å²) in [6.45, 7) is 0.319. The van der Waals surface area contributed by atoms with Crippen LogP contribution in [-0.4, -0.2) is 55.9 Å². The standard InChI is InChI=1S/C7H14O6/c1-7(13,6(11)12)2-4(9)5(10)3-8/h4-5,8-10,13H,2-3H2,1H3,(H,11,12)/t4-,5+,7-/m1/s1. The van der Waals surface area contributed by atoms with Gasteiger partial charge >= 0.3 is 5.97 Å². The van der Waals surface area contributed by atoms with Crippen LogP contribution in [0.5, 0.6) is 0 Å². The van der Waals surface area contributed by atoms with Crippen LogP contribution in [-0.2, 0) is 4.79 Å². The van der Waals surface area contributed by atoms with Crippen molar-refractivity contribution in [1.82, 2.24) is 0 Å². The number of rotatable bonds is 5. The van der Waals surface area contributed by atoms with E-state index in [1.807, 2.05) is 0 Å². The quantitative estimate of drug-likeness (QED) is 0.343. The van der Waals surface area contributed by atoms with Crippen LogP contribution >= 0.6 is 0 Å². The van der Waals surface area contributed by atoms with Gasteiger partial charge in [0.05, 0.1) is 12.7 Å². The molecule has 78 valence electrons. The SMILES string of the molecule is C[C@@](O)(C[C@@H](O)[C@@H](O)CO)C(=O)O. The minimum absolute atomic E-state index is 0.538. The molecule has 0 bridgehead atoms. The third-order valence-electron chi connectivity index (χ3n) is 1.70. The molecule has 0 aromatic carbocycles. The van der Waals surface area contributed by atoms with Gasteiger partial charge in [0.15, 0.2) is 5.60 Å². The van der Waals surface area contributed by atoms with Crippen molar-refractivity contribution >= 4 is 5.97 Å². The van der Waals surface area contributed by atoms with E-state index in [9.17, 15) is 4.79 Å². The summed E-state index contributed by atoms with van der Waals surface area (Å²) in [4.78, 5) is 10.4. The van der Waals surface area contributed by atoms with Gasteiger partial charge in [0.25, 0.3) is 0 Å². The van der Waals surface area contributed by atoms with E-state index < -0.39 is 36.8 Å². The van der Waals surface area contributed by atoms with Crippen molar-refractivity contribution in [3.05, 3.63) is 0 Å². The monoisotopic (exact) mass is 194 g/mol. The zero-order valence-corrected chi connectivity index (χ0v) is 7.21. The predicted octanol–water partition coefficient (Wildman–Crippen LogP) is -2.07. The maximum atomic E-state index is 10.4. The normalized spacial score (nSPS) is 20.4. The minimum Gasteiger partial charge on any atom is -0.479 e. The van der Waals surface area contributed by atoms with Crippen LogP contribution in [0.3, 0.4) is 0 Å². The van der Waals surface area contributed by atoms with Crippen molar-refractivity contribution in [2.45, 2.75) is 31.2 Å². The van der Waals surface area contributed by atoms with E-state index >= 15 is 0 Å². The summed E-state index contributed by atoms with van der Waals surface area (Å²) >= 11 is 0. The molecule has 0 saturated carbocycles. The second-order valence-electron chi connectivity index (χ2n) is 3.10. The first-order valence-electron chi connectivity index (χ1n) is 3.74. The number of carboxylic acids is 1. The molecule has 0 unspecified atom stereocenters. The van der Waals surface area contributed by atoms with Crippen LogP contribution in [0.2, 0.25) is 0 Å². The molecule has 0 aliphatic carbocycles. The van der Waals surface area contributed by atoms with Crippen LogP contribution < -0.4 is 0 Å². The van der Waals surface area contributed by atoms with E-state index in [2.05, 4.69) is 0 Å². The highest BCUT2D eigenvalue weighted by molar-refractivity contribution is 5.76. The molecule has 6 nitrogen and oxygen atoms in total. The molecule has 0 saturated heterocycles. The first-order chi connectivity index (χ1) is 5.81. The van der Waals surface area contributed by atoms with Gasteiger partial charge in [0.1, 0.15) is 6.10 Å². The zero-order chi connectivity index (χ0) is 10.6. The zero-order valence-electron chi connectivity index (χ0n) is 7.21. The van der Waals surface area contributed by atoms with Crippen molar-refractivity contribution in [3.8, 4) is 0 Å². The van der Waals surface area contributed by atoms with Crippen molar-refractivity contribution in [2.75, 3.05) is 6.61 Å². The maximum absolute atomic E-state index is 10.4. The molecule has 0 fully saturated rings. The van der Waals surface area contributed by atoms with E-state index in [1.54, 1.807) is 0 Å². The van der Waals surface area contributed by atoms with Crippen LogP contribution in [0, 0.1) is 0 Å². The summed E-state index contributed by atoms with van der Waals surface area (Å²) in [5.41, 5.74) is -2.10. The van der Waals surface area contributed by atoms with Crippen LogP contribution in [0.15, 0.2) is 0 Å². The number of aliphatic carboxylic acids is 1. The molecule has 0 radical (unpaired) electrons. The predicted molar refractivity (Wildman–Crippen MR) is 42.0 cm³/mol. The Kier molecular flexibility index (Phi) is 4.28. The third-order valence-corrected chi connectivity index (χ3v) is 1.70. The average molecular weight is 194 g/mol. The van der Waals surface area contributed by atoms with Crippen molar-refractivity contribution in [1.29, 1.82) is 0 Å². The number of carboxylic acid groups (broad SMARTS) is 1. The average Bonchev–Trinajstić information content (AvgIpc) is 2.01. The van der Waals surface area contributed by atoms with Gasteiger partial charge in [-0.05, 0) is 6.92 Å². The highest BCUT2D eigenvalue weighted by Gasteiger charge is 2.34. The van der Waals surface area contributed by atoms with Gasteiger partial charge < -0.3 is 25.5 Å². The summed E-state index contributed by atoms with van der Waals surface area (Å²) in [6, 6.07) is 0. The third kappa shape index (κ3) is 3.69. The van der Waals surface area contributed by atoms with Crippen molar-refractivity contribution in [3.63, 3.8) is 0 Å². The molecule has 3 atom stereocenters. The molecule has 5 N–H and O–H groups in total. The minimum atomic E-state index is -2.10. The summed E-state index contributed by atoms with van der Waals surface area (Å²) in [7, 11) is 0. The van der Waals surface area contributed by atoms with Crippen LogP contribution in [0.4, 0.5) is 0 Å². The van der Waals surface area contributed by atoms with Gasteiger partial charge in [-0.3, -0.25) is 0 Å². The summed E-state index contributed by atoms with van der Waals surface area (Å²) < 4.78 is 0. The highest BCUT2D eigenvalue weighted by Crippen LogP contribution is 2.14. The van der Waals surface area contributed by atoms with E-state index in [4.69, 9.17) is 25.5 Å². The largest absolute Gasteiger partial charge is 0.479 e. The molecule has 0 aliphatic rings. The van der Waals surface area contributed by atoms with E-state index in [0.29, 0.717) is 0 Å². The number of aliphatic hydroxyl groups excluding tert-OH is 3. The lowest BCUT2D eigenvalue weighted by Gasteiger charge is -2.23. The summed E-state index contributed by atoms with van der Waals surface area (Å²) in [6.07, 6.45) is -3.44. The molecule has 13 heavy (non-hydrogen) atoms. The molecule has 0 heterocycles. The van der Waals surface area contributed by atoms with E-state index in [1.165, 1.54) is 0 Å². The van der Waals surface area contributed by atoms with Crippen molar-refractivity contribution < 1.29 is 30.3 Å². The van der Waals surface area contributed by atoms with Gasteiger partial charge in [-0.1, -0.05) is 0 Å². The van der Waals surface area contributed by atoms with Gasteiger partial charge in [-0.2, -0.15) is 0 Å². The fraction of sp³-hybridized carbons (Fsp3) is 0.857. The molecule has 0 aliphatic heterocycles. The van der Waals surface area contributed by atoms with E-state index in [-0.39, 0.29) is 0 Å². The second kappa shape index (κ2) is 4.52. The Balaban J connectivity index is 4.19. The number of hydrogen-bond acceptors (Lipinski definition) is 5. The Morgan fingerprint density at radius 1 is 1.38 bits per heavy atom. The lowest BCUT2D eigenvalue weighted by Crippen LogP contribution is -2.43.